The highest BCUT2D eigenvalue weighted by atomic mass is 16.5. The summed E-state index contributed by atoms with van der Waals surface area (Å²) in [4.78, 5) is 29.2. The summed E-state index contributed by atoms with van der Waals surface area (Å²) < 4.78 is 6.07. The van der Waals surface area contributed by atoms with Crippen LogP contribution in [0.2, 0.25) is 0 Å². The molecule has 0 radical (unpaired) electrons. The van der Waals surface area contributed by atoms with Crippen molar-refractivity contribution in [1.29, 1.82) is 0 Å². The van der Waals surface area contributed by atoms with E-state index in [1.165, 1.54) is 0 Å². The normalized spacial score (nSPS) is 35.1. The fourth-order valence-electron chi connectivity index (χ4n) is 4.36. The number of aliphatic hydroxyl groups excluding tert-OH is 1. The number of likely N-dealkylation sites (tertiary alicyclic amines) is 1. The van der Waals surface area contributed by atoms with Crippen LogP contribution in [-0.2, 0) is 14.3 Å². The van der Waals surface area contributed by atoms with E-state index in [1.54, 1.807) is 16.8 Å². The molecule has 1 aliphatic carbocycles. The predicted molar refractivity (Wildman–Crippen MR) is 90.8 cm³/mol. The van der Waals surface area contributed by atoms with Crippen LogP contribution >= 0.6 is 0 Å². The summed E-state index contributed by atoms with van der Waals surface area (Å²) in [5.74, 6) is -0.210. The number of ether oxygens (including phenoxy) is 1. The van der Waals surface area contributed by atoms with Crippen LogP contribution in [0.15, 0.2) is 30.3 Å². The molecule has 1 aromatic rings. The summed E-state index contributed by atoms with van der Waals surface area (Å²) in [6.45, 7) is 1.75. The minimum Gasteiger partial charge on any atom is -0.393 e. The Morgan fingerprint density at radius 3 is 2.68 bits per heavy atom. The zero-order valence-electron chi connectivity index (χ0n) is 14.4. The van der Waals surface area contributed by atoms with E-state index in [9.17, 15) is 14.7 Å². The molecule has 2 aliphatic heterocycles. The number of hydrogen-bond acceptors (Lipinski definition) is 4. The zero-order valence-corrected chi connectivity index (χ0v) is 14.4. The Morgan fingerprint density at radius 2 is 2.00 bits per heavy atom. The quantitative estimate of drug-likeness (QED) is 0.853. The Bertz CT molecular complexity index is 673. The topological polar surface area (TPSA) is 70.1 Å². The van der Waals surface area contributed by atoms with Gasteiger partial charge in [-0.15, -0.1) is 0 Å². The maximum Gasteiger partial charge on any atom is 0.257 e. The number of morpholine rings is 1. The number of nitrogens with zero attached hydrogens (tertiary/aromatic N) is 2. The number of hydrogen-bond donors (Lipinski definition) is 1. The van der Waals surface area contributed by atoms with Crippen molar-refractivity contribution in [3.63, 3.8) is 0 Å². The number of amides is 2. The van der Waals surface area contributed by atoms with Crippen molar-refractivity contribution in [2.45, 2.75) is 30.5 Å². The lowest BCUT2D eigenvalue weighted by Gasteiger charge is -2.44. The summed E-state index contributed by atoms with van der Waals surface area (Å²) in [7, 11) is 1.79. The molecule has 3 fully saturated rings. The fourth-order valence-corrected chi connectivity index (χ4v) is 4.36. The maximum absolute atomic E-state index is 13.0. The van der Waals surface area contributed by atoms with Crippen molar-refractivity contribution in [3.8, 4) is 0 Å². The second-order valence-corrected chi connectivity index (χ2v) is 7.47. The second-order valence-electron chi connectivity index (χ2n) is 7.47. The van der Waals surface area contributed by atoms with Crippen LogP contribution in [0.5, 0.6) is 0 Å². The lowest BCUT2D eigenvalue weighted by molar-refractivity contribution is -0.171. The molecule has 25 heavy (non-hydrogen) atoms. The molecule has 2 unspecified atom stereocenters. The second kappa shape index (κ2) is 6.11. The van der Waals surface area contributed by atoms with E-state index in [0.29, 0.717) is 39.1 Å². The van der Waals surface area contributed by atoms with Crippen molar-refractivity contribution in [3.05, 3.63) is 35.9 Å². The van der Waals surface area contributed by atoms with Gasteiger partial charge in [0.05, 0.1) is 19.3 Å². The summed E-state index contributed by atoms with van der Waals surface area (Å²) in [5.41, 5.74) is 0.0698. The Hall–Kier alpha value is -1.92. The van der Waals surface area contributed by atoms with E-state index in [2.05, 4.69) is 0 Å². The molecule has 1 aromatic carbocycles. The summed E-state index contributed by atoms with van der Waals surface area (Å²) >= 11 is 0. The van der Waals surface area contributed by atoms with Crippen molar-refractivity contribution in [2.75, 3.05) is 33.3 Å². The number of carbonyl (C=O) groups excluding carboxylic acids is 2. The monoisotopic (exact) mass is 344 g/mol. The third-order valence-electron chi connectivity index (χ3n) is 5.85. The Labute approximate surface area is 147 Å². The minimum atomic E-state index is -0.994. The molecule has 1 N–H and O–H groups in total. The number of rotatable bonds is 2. The summed E-state index contributed by atoms with van der Waals surface area (Å²) in [6.07, 6.45) is 0.693. The first kappa shape index (κ1) is 16.5. The molecule has 2 saturated heterocycles. The molecule has 2 heterocycles. The fraction of sp³-hybridized carbons (Fsp3) is 0.579. The smallest absolute Gasteiger partial charge is 0.257 e. The molecule has 1 spiro atoms. The third-order valence-corrected chi connectivity index (χ3v) is 5.85. The van der Waals surface area contributed by atoms with Crippen LogP contribution < -0.4 is 0 Å². The lowest BCUT2D eigenvalue weighted by Crippen LogP contribution is -2.60. The van der Waals surface area contributed by atoms with Crippen molar-refractivity contribution in [2.24, 2.45) is 5.92 Å². The number of likely N-dealkylation sites (N-methyl/N-ethyl adjacent to an activating group) is 1. The van der Waals surface area contributed by atoms with E-state index in [-0.39, 0.29) is 29.8 Å². The van der Waals surface area contributed by atoms with E-state index >= 15 is 0 Å². The molecule has 4 rings (SSSR count). The van der Waals surface area contributed by atoms with Gasteiger partial charge < -0.3 is 19.6 Å². The molecule has 1 saturated carbocycles. The SMILES string of the molecule is CN1CC(c2ccccc2)C2(CN(C(=O)C3CC(O)C3)CCO2)C1=O. The van der Waals surface area contributed by atoms with Crippen LogP contribution in [0, 0.1) is 5.92 Å². The molecular formula is C19H24N2O4. The average molecular weight is 344 g/mol. The van der Waals surface area contributed by atoms with Gasteiger partial charge >= 0.3 is 0 Å². The van der Waals surface area contributed by atoms with E-state index in [1.807, 2.05) is 30.3 Å². The standard InChI is InChI=1S/C19H24N2O4/c1-20-11-16(13-5-3-2-4-6-13)19(18(20)24)12-21(7-8-25-19)17(23)14-9-15(22)10-14/h2-6,14-16,22H,7-12H2,1H3. The van der Waals surface area contributed by atoms with Gasteiger partial charge in [0.2, 0.25) is 5.91 Å². The van der Waals surface area contributed by atoms with Crippen molar-refractivity contribution >= 4 is 11.8 Å². The molecule has 3 aliphatic rings. The summed E-state index contributed by atoms with van der Waals surface area (Å²) in [6, 6.07) is 9.92. The van der Waals surface area contributed by atoms with E-state index < -0.39 is 5.60 Å². The molecule has 6 nitrogen and oxygen atoms in total. The number of aliphatic hydroxyl groups is 1. The van der Waals surface area contributed by atoms with Gasteiger partial charge in [0.25, 0.3) is 5.91 Å². The lowest BCUT2D eigenvalue weighted by atomic mass is 9.79. The Morgan fingerprint density at radius 1 is 1.28 bits per heavy atom. The molecule has 2 amide bonds. The van der Waals surface area contributed by atoms with Crippen LogP contribution in [-0.4, -0.2) is 71.7 Å². The predicted octanol–water partition coefficient (Wildman–Crippen LogP) is 0.611. The highest BCUT2D eigenvalue weighted by molar-refractivity contribution is 5.91. The van der Waals surface area contributed by atoms with Gasteiger partial charge in [-0.2, -0.15) is 0 Å². The molecule has 6 heteroatoms. The van der Waals surface area contributed by atoms with Crippen LogP contribution in [0.1, 0.15) is 24.3 Å². The first-order chi connectivity index (χ1) is 12.0. The van der Waals surface area contributed by atoms with Crippen LogP contribution in [0.3, 0.4) is 0 Å². The minimum absolute atomic E-state index is 0.0436. The third kappa shape index (κ3) is 2.64. The van der Waals surface area contributed by atoms with E-state index in [0.717, 1.165) is 5.56 Å². The van der Waals surface area contributed by atoms with Gasteiger partial charge in [0.15, 0.2) is 5.60 Å². The van der Waals surface area contributed by atoms with Gasteiger partial charge in [-0.1, -0.05) is 30.3 Å². The highest BCUT2D eigenvalue weighted by Gasteiger charge is 2.57. The number of carbonyl (C=O) groups is 2. The molecular weight excluding hydrogens is 320 g/mol. The highest BCUT2D eigenvalue weighted by Crippen LogP contribution is 2.42. The van der Waals surface area contributed by atoms with Crippen LogP contribution in [0.25, 0.3) is 0 Å². The molecule has 0 aromatic heterocycles. The van der Waals surface area contributed by atoms with Gasteiger partial charge in [-0.25, -0.2) is 0 Å². The molecule has 0 bridgehead atoms. The van der Waals surface area contributed by atoms with Crippen molar-refractivity contribution < 1.29 is 19.4 Å². The average Bonchev–Trinajstić information content (AvgIpc) is 2.84. The molecule has 134 valence electrons. The van der Waals surface area contributed by atoms with Gasteiger partial charge in [-0.3, -0.25) is 9.59 Å². The Kier molecular flexibility index (Phi) is 4.04. The Balaban J connectivity index is 1.61. The number of benzene rings is 1. The van der Waals surface area contributed by atoms with Gasteiger partial charge in [0.1, 0.15) is 0 Å². The maximum atomic E-state index is 13.0. The molecule has 2 atom stereocenters. The largest absolute Gasteiger partial charge is 0.393 e. The zero-order chi connectivity index (χ0) is 17.6. The van der Waals surface area contributed by atoms with Gasteiger partial charge in [0, 0.05) is 32.0 Å². The van der Waals surface area contributed by atoms with Gasteiger partial charge in [-0.05, 0) is 18.4 Å². The van der Waals surface area contributed by atoms with E-state index in [4.69, 9.17) is 4.74 Å². The summed E-state index contributed by atoms with van der Waals surface area (Å²) in [5, 5.41) is 9.48. The first-order valence-electron chi connectivity index (χ1n) is 8.92. The van der Waals surface area contributed by atoms with Crippen molar-refractivity contribution in [1.82, 2.24) is 9.80 Å². The van der Waals surface area contributed by atoms with Crippen LogP contribution in [0.4, 0.5) is 0 Å². The first-order valence-corrected chi connectivity index (χ1v) is 8.92.